The number of hydrogen-bond acceptors (Lipinski definition) is 3. The molecule has 0 saturated carbocycles. The Labute approximate surface area is 131 Å². The number of aryl methyl sites for hydroxylation is 1. The third-order valence-corrected chi connectivity index (χ3v) is 2.91. The first-order chi connectivity index (χ1) is 10.8. The molecule has 0 fully saturated rings. The van der Waals surface area contributed by atoms with Crippen LogP contribution in [0.15, 0.2) is 42.6 Å². The number of nitrogens with zero attached hydrogens (tertiary/aromatic N) is 1. The zero-order chi connectivity index (χ0) is 16.9. The minimum Gasteiger partial charge on any atom is -0.367 e. The largest absolute Gasteiger partial charge is 0.411 e. The SMILES string of the molecule is Cc1ccnc(NC(=O)c2ccc(COCC(F)(F)F)cc2)c1. The normalized spacial score (nSPS) is 11.3. The standard InChI is InChI=1S/C16H15F3N2O2/c1-11-6-7-20-14(8-11)21-15(22)13-4-2-12(3-5-13)9-23-10-16(17,18)19/h2-8H,9-10H2,1H3,(H,20,21,22). The minimum absolute atomic E-state index is 0.166. The Bertz CT molecular complexity index is 670. The van der Waals surface area contributed by atoms with Gasteiger partial charge in [0.05, 0.1) is 6.61 Å². The first kappa shape index (κ1) is 17.0. The lowest BCUT2D eigenvalue weighted by atomic mass is 10.1. The van der Waals surface area contributed by atoms with E-state index < -0.39 is 12.8 Å². The van der Waals surface area contributed by atoms with Crippen LogP contribution in [0.4, 0.5) is 19.0 Å². The molecule has 0 aliphatic heterocycles. The Morgan fingerprint density at radius 3 is 2.52 bits per heavy atom. The van der Waals surface area contributed by atoms with Gasteiger partial charge < -0.3 is 10.1 Å². The van der Waals surface area contributed by atoms with Gasteiger partial charge in [0.25, 0.3) is 5.91 Å². The van der Waals surface area contributed by atoms with Crippen molar-refractivity contribution in [1.82, 2.24) is 4.98 Å². The van der Waals surface area contributed by atoms with Gasteiger partial charge in [0.15, 0.2) is 0 Å². The predicted octanol–water partition coefficient (Wildman–Crippen LogP) is 3.72. The van der Waals surface area contributed by atoms with E-state index in [0.717, 1.165) is 5.56 Å². The van der Waals surface area contributed by atoms with Crippen LogP contribution in [-0.4, -0.2) is 23.7 Å². The number of ether oxygens (including phenoxy) is 1. The lowest BCUT2D eigenvalue weighted by molar-refractivity contribution is -0.176. The minimum atomic E-state index is -4.35. The maximum atomic E-state index is 12.1. The molecule has 23 heavy (non-hydrogen) atoms. The average Bonchev–Trinajstić information content (AvgIpc) is 2.46. The zero-order valence-electron chi connectivity index (χ0n) is 12.4. The Kier molecular flexibility index (Phi) is 5.33. The van der Waals surface area contributed by atoms with Crippen LogP contribution in [-0.2, 0) is 11.3 Å². The van der Waals surface area contributed by atoms with Crippen molar-refractivity contribution < 1.29 is 22.7 Å². The first-order valence-corrected chi connectivity index (χ1v) is 6.81. The lowest BCUT2D eigenvalue weighted by Gasteiger charge is -2.08. The van der Waals surface area contributed by atoms with E-state index in [1.54, 1.807) is 24.4 Å². The summed E-state index contributed by atoms with van der Waals surface area (Å²) in [5.41, 5.74) is 1.90. The maximum Gasteiger partial charge on any atom is 0.411 e. The topological polar surface area (TPSA) is 51.2 Å². The number of rotatable bonds is 5. The Balaban J connectivity index is 1.92. The first-order valence-electron chi connectivity index (χ1n) is 6.81. The van der Waals surface area contributed by atoms with E-state index >= 15 is 0 Å². The molecule has 7 heteroatoms. The van der Waals surface area contributed by atoms with Crippen LogP contribution in [0, 0.1) is 6.92 Å². The second-order valence-electron chi connectivity index (χ2n) is 4.98. The summed E-state index contributed by atoms with van der Waals surface area (Å²) in [4.78, 5) is 16.1. The van der Waals surface area contributed by atoms with Gasteiger partial charge in [0.2, 0.25) is 0 Å². The molecule has 2 rings (SSSR count). The summed E-state index contributed by atoms with van der Waals surface area (Å²) in [7, 11) is 0. The summed E-state index contributed by atoms with van der Waals surface area (Å²) >= 11 is 0. The second kappa shape index (κ2) is 7.23. The monoisotopic (exact) mass is 324 g/mol. The van der Waals surface area contributed by atoms with Gasteiger partial charge in [0.1, 0.15) is 12.4 Å². The highest BCUT2D eigenvalue weighted by molar-refractivity contribution is 6.03. The molecule has 0 unspecified atom stereocenters. The Morgan fingerprint density at radius 2 is 1.91 bits per heavy atom. The quantitative estimate of drug-likeness (QED) is 0.912. The molecule has 0 spiro atoms. The van der Waals surface area contributed by atoms with E-state index in [1.807, 2.05) is 13.0 Å². The number of amides is 1. The summed E-state index contributed by atoms with van der Waals surface area (Å²) in [6, 6.07) is 9.70. The van der Waals surface area contributed by atoms with Crippen molar-refractivity contribution in [3.05, 3.63) is 59.3 Å². The van der Waals surface area contributed by atoms with Gasteiger partial charge in [-0.25, -0.2) is 4.98 Å². The van der Waals surface area contributed by atoms with Gasteiger partial charge in [-0.1, -0.05) is 12.1 Å². The maximum absolute atomic E-state index is 12.1. The number of halogens is 3. The van der Waals surface area contributed by atoms with Gasteiger partial charge in [-0.15, -0.1) is 0 Å². The molecule has 0 aliphatic rings. The molecule has 1 aromatic heterocycles. The molecule has 0 bridgehead atoms. The summed E-state index contributed by atoms with van der Waals surface area (Å²) < 4.78 is 40.5. The van der Waals surface area contributed by atoms with Gasteiger partial charge >= 0.3 is 6.18 Å². The number of carbonyl (C=O) groups is 1. The molecule has 1 N–H and O–H groups in total. The summed E-state index contributed by atoms with van der Waals surface area (Å²) in [5, 5.41) is 2.65. The Morgan fingerprint density at radius 1 is 1.22 bits per heavy atom. The number of hydrogen-bond donors (Lipinski definition) is 1. The van der Waals surface area contributed by atoms with Crippen molar-refractivity contribution >= 4 is 11.7 Å². The highest BCUT2D eigenvalue weighted by atomic mass is 19.4. The smallest absolute Gasteiger partial charge is 0.367 e. The van der Waals surface area contributed by atoms with E-state index in [-0.39, 0.29) is 12.5 Å². The molecule has 0 aliphatic carbocycles. The van der Waals surface area contributed by atoms with E-state index in [1.165, 1.54) is 12.1 Å². The van der Waals surface area contributed by atoms with Gasteiger partial charge in [-0.2, -0.15) is 13.2 Å². The van der Waals surface area contributed by atoms with Crippen molar-refractivity contribution in [3.63, 3.8) is 0 Å². The van der Waals surface area contributed by atoms with Crippen LogP contribution in [0.2, 0.25) is 0 Å². The molecule has 0 atom stereocenters. The molecule has 1 aromatic carbocycles. The highest BCUT2D eigenvalue weighted by Crippen LogP contribution is 2.16. The summed E-state index contributed by atoms with van der Waals surface area (Å²) in [6.45, 7) is 0.419. The number of alkyl halides is 3. The fourth-order valence-corrected chi connectivity index (χ4v) is 1.83. The molecule has 4 nitrogen and oxygen atoms in total. The molecular weight excluding hydrogens is 309 g/mol. The lowest BCUT2D eigenvalue weighted by Crippen LogP contribution is -2.16. The van der Waals surface area contributed by atoms with Crippen LogP contribution in [0.25, 0.3) is 0 Å². The highest BCUT2D eigenvalue weighted by Gasteiger charge is 2.27. The number of aromatic nitrogens is 1. The van der Waals surface area contributed by atoms with Crippen molar-refractivity contribution in [3.8, 4) is 0 Å². The van der Waals surface area contributed by atoms with E-state index in [4.69, 9.17) is 0 Å². The summed E-state index contributed by atoms with van der Waals surface area (Å²) in [6.07, 6.45) is -2.76. The molecular formula is C16H15F3N2O2. The fourth-order valence-electron chi connectivity index (χ4n) is 1.83. The summed E-state index contributed by atoms with van der Waals surface area (Å²) in [5.74, 6) is 0.0958. The number of anilines is 1. The van der Waals surface area contributed by atoms with E-state index in [9.17, 15) is 18.0 Å². The molecule has 0 saturated heterocycles. The van der Waals surface area contributed by atoms with Crippen LogP contribution in [0.5, 0.6) is 0 Å². The number of carbonyl (C=O) groups excluding carboxylic acids is 1. The third-order valence-electron chi connectivity index (χ3n) is 2.91. The number of nitrogens with one attached hydrogen (secondary N) is 1. The van der Waals surface area contributed by atoms with Crippen LogP contribution in [0.3, 0.4) is 0 Å². The number of pyridine rings is 1. The molecule has 0 radical (unpaired) electrons. The van der Waals surface area contributed by atoms with Gasteiger partial charge in [-0.3, -0.25) is 4.79 Å². The zero-order valence-corrected chi connectivity index (χ0v) is 12.4. The molecule has 1 heterocycles. The predicted molar refractivity (Wildman–Crippen MR) is 79.1 cm³/mol. The van der Waals surface area contributed by atoms with Crippen LogP contribution in [0.1, 0.15) is 21.5 Å². The number of benzene rings is 1. The Hall–Kier alpha value is -2.41. The van der Waals surface area contributed by atoms with Crippen LogP contribution >= 0.6 is 0 Å². The van der Waals surface area contributed by atoms with Crippen molar-refractivity contribution in [1.29, 1.82) is 0 Å². The van der Waals surface area contributed by atoms with Crippen molar-refractivity contribution in [2.75, 3.05) is 11.9 Å². The van der Waals surface area contributed by atoms with Crippen LogP contribution < -0.4 is 5.32 Å². The molecule has 122 valence electrons. The van der Waals surface area contributed by atoms with Gasteiger partial charge in [-0.05, 0) is 42.3 Å². The second-order valence-corrected chi connectivity index (χ2v) is 4.98. The fraction of sp³-hybridized carbons (Fsp3) is 0.250. The van der Waals surface area contributed by atoms with E-state index in [2.05, 4.69) is 15.0 Å². The molecule has 1 amide bonds. The van der Waals surface area contributed by atoms with Gasteiger partial charge in [0, 0.05) is 11.8 Å². The van der Waals surface area contributed by atoms with Crippen molar-refractivity contribution in [2.24, 2.45) is 0 Å². The van der Waals surface area contributed by atoms with E-state index in [0.29, 0.717) is 16.9 Å². The third kappa shape index (κ3) is 5.71. The average molecular weight is 324 g/mol. The van der Waals surface area contributed by atoms with Crippen molar-refractivity contribution in [2.45, 2.75) is 19.7 Å². The molecule has 2 aromatic rings.